The Morgan fingerprint density at radius 3 is 2.71 bits per heavy atom. The first-order chi connectivity index (χ1) is 13.2. The quantitative estimate of drug-likeness (QED) is 0.706. The van der Waals surface area contributed by atoms with Crippen LogP contribution in [0.3, 0.4) is 0 Å². The Hall–Kier alpha value is -2.36. The van der Waals surface area contributed by atoms with Crippen LogP contribution in [0.25, 0.3) is 0 Å². The molecule has 0 spiro atoms. The number of hydrogen-bond donors (Lipinski definition) is 0. The zero-order valence-corrected chi connectivity index (χ0v) is 17.5. The molecule has 1 aromatic heterocycles. The van der Waals surface area contributed by atoms with Gasteiger partial charge in [-0.2, -0.15) is 0 Å². The molecule has 0 radical (unpaired) electrons. The second kappa shape index (κ2) is 7.94. The molecule has 0 aromatic carbocycles. The molecular weight excluding hydrogens is 384 g/mol. The van der Waals surface area contributed by atoms with Crippen molar-refractivity contribution in [3.8, 4) is 0 Å². The number of carbonyl (C=O) groups is 3. The van der Waals surface area contributed by atoms with Crippen LogP contribution in [0.5, 0.6) is 0 Å². The summed E-state index contributed by atoms with van der Waals surface area (Å²) in [6.45, 7) is 7.35. The summed E-state index contributed by atoms with van der Waals surface area (Å²) in [5.74, 6) is -0.286. The lowest BCUT2D eigenvalue weighted by Gasteiger charge is -2.36. The van der Waals surface area contributed by atoms with Crippen molar-refractivity contribution in [3.05, 3.63) is 11.1 Å². The number of thiazole rings is 1. The Kier molecular flexibility index (Phi) is 5.78. The highest BCUT2D eigenvalue weighted by molar-refractivity contribution is 7.14. The van der Waals surface area contributed by atoms with Gasteiger partial charge in [-0.1, -0.05) is 0 Å². The van der Waals surface area contributed by atoms with Gasteiger partial charge in [0.15, 0.2) is 5.13 Å². The lowest BCUT2D eigenvalue weighted by Crippen LogP contribution is -2.54. The number of hydrogen-bond acceptors (Lipinski definition) is 7. The van der Waals surface area contributed by atoms with Crippen molar-refractivity contribution in [2.75, 3.05) is 38.2 Å². The van der Waals surface area contributed by atoms with Crippen molar-refractivity contribution in [1.82, 2.24) is 14.8 Å². The number of amides is 3. The summed E-state index contributed by atoms with van der Waals surface area (Å²) in [4.78, 5) is 46.0. The highest BCUT2D eigenvalue weighted by Crippen LogP contribution is 2.29. The van der Waals surface area contributed by atoms with E-state index in [0.717, 1.165) is 5.69 Å². The largest absolute Gasteiger partial charge is 0.469 e. The number of carbonyl (C=O) groups excluding carboxylic acids is 3. The van der Waals surface area contributed by atoms with Gasteiger partial charge in [-0.15, -0.1) is 11.3 Å². The van der Waals surface area contributed by atoms with Crippen LogP contribution in [0.1, 0.15) is 32.9 Å². The number of piperazine rings is 1. The van der Waals surface area contributed by atoms with Gasteiger partial charge in [0.25, 0.3) is 0 Å². The zero-order chi connectivity index (χ0) is 20.5. The molecule has 2 saturated heterocycles. The van der Waals surface area contributed by atoms with Crippen molar-refractivity contribution in [2.45, 2.75) is 45.3 Å². The van der Waals surface area contributed by atoms with Gasteiger partial charge in [0.2, 0.25) is 0 Å². The van der Waals surface area contributed by atoms with E-state index in [1.54, 1.807) is 14.7 Å². The predicted octanol–water partition coefficient (Wildman–Crippen LogP) is 2.11. The molecule has 3 rings (SSSR count). The Balaban J connectivity index is 1.62. The fraction of sp³-hybridized carbons (Fsp3) is 0.667. The highest BCUT2D eigenvalue weighted by atomic mass is 32.1. The maximum atomic E-state index is 12.8. The van der Waals surface area contributed by atoms with Gasteiger partial charge >= 0.3 is 18.1 Å². The smallest absolute Gasteiger partial charge is 0.410 e. The summed E-state index contributed by atoms with van der Waals surface area (Å²) in [6.07, 6.45) is 0.384. The second-order valence-corrected chi connectivity index (χ2v) is 8.70. The SMILES string of the molecule is COC(=O)CCc1csc(N2C[C@@H]3CN(C(=O)OC(C)(C)C)CCN3C2=O)n1. The molecule has 3 heterocycles. The fourth-order valence-corrected chi connectivity index (χ4v) is 4.09. The third kappa shape index (κ3) is 4.54. The van der Waals surface area contributed by atoms with Crippen molar-refractivity contribution in [2.24, 2.45) is 0 Å². The van der Waals surface area contributed by atoms with Crippen LogP contribution >= 0.6 is 11.3 Å². The first kappa shape index (κ1) is 20.4. The van der Waals surface area contributed by atoms with Crippen LogP contribution in [-0.2, 0) is 20.7 Å². The fourth-order valence-electron chi connectivity index (χ4n) is 3.23. The number of aryl methyl sites for hydroxylation is 1. The highest BCUT2D eigenvalue weighted by Gasteiger charge is 2.43. The molecule has 0 bridgehead atoms. The Labute approximate surface area is 168 Å². The number of anilines is 1. The zero-order valence-electron chi connectivity index (χ0n) is 16.6. The summed E-state index contributed by atoms with van der Waals surface area (Å²) < 4.78 is 10.1. The lowest BCUT2D eigenvalue weighted by atomic mass is 10.2. The minimum absolute atomic E-state index is 0.0869. The maximum absolute atomic E-state index is 12.8. The Bertz CT molecular complexity index is 759. The summed E-state index contributed by atoms with van der Waals surface area (Å²) in [7, 11) is 1.36. The molecule has 10 heteroatoms. The molecule has 2 fully saturated rings. The van der Waals surface area contributed by atoms with Gasteiger partial charge in [-0.3, -0.25) is 9.69 Å². The van der Waals surface area contributed by atoms with Crippen molar-refractivity contribution >= 4 is 34.6 Å². The normalized spacial score (nSPS) is 19.6. The molecule has 3 amide bonds. The van der Waals surface area contributed by atoms with E-state index in [9.17, 15) is 14.4 Å². The molecule has 2 aliphatic rings. The van der Waals surface area contributed by atoms with Gasteiger partial charge in [-0.25, -0.2) is 14.6 Å². The number of rotatable bonds is 4. The van der Waals surface area contributed by atoms with E-state index in [2.05, 4.69) is 9.72 Å². The van der Waals surface area contributed by atoms with Crippen LogP contribution in [0.2, 0.25) is 0 Å². The van der Waals surface area contributed by atoms with Gasteiger partial charge in [0, 0.05) is 31.4 Å². The number of urea groups is 1. The Morgan fingerprint density at radius 1 is 1.29 bits per heavy atom. The molecule has 2 aliphatic heterocycles. The average molecular weight is 410 g/mol. The standard InChI is InChI=1S/C18H26N4O5S/c1-18(2,3)27-17(25)20-7-8-21-13(9-20)10-22(16(21)24)15-19-12(11-28-15)5-6-14(23)26-4/h11,13H,5-10H2,1-4H3/t13-/m0/s1. The molecule has 1 atom stereocenters. The first-order valence-corrected chi connectivity index (χ1v) is 10.1. The van der Waals surface area contributed by atoms with Crippen molar-refractivity contribution < 1.29 is 23.9 Å². The van der Waals surface area contributed by atoms with Gasteiger partial charge < -0.3 is 19.3 Å². The monoisotopic (exact) mass is 410 g/mol. The molecule has 0 saturated carbocycles. The number of ether oxygens (including phenoxy) is 2. The number of methoxy groups -OCH3 is 1. The molecule has 1 aromatic rings. The molecule has 28 heavy (non-hydrogen) atoms. The van der Waals surface area contributed by atoms with Crippen molar-refractivity contribution in [1.29, 1.82) is 0 Å². The van der Waals surface area contributed by atoms with Gasteiger partial charge in [0.1, 0.15) is 5.60 Å². The van der Waals surface area contributed by atoms with E-state index >= 15 is 0 Å². The summed E-state index contributed by atoms with van der Waals surface area (Å²) in [5.41, 5.74) is 0.214. The van der Waals surface area contributed by atoms with Crippen LogP contribution in [-0.4, -0.2) is 77.8 Å². The van der Waals surface area contributed by atoms with Crippen LogP contribution in [0.4, 0.5) is 14.7 Å². The van der Waals surface area contributed by atoms with Crippen LogP contribution < -0.4 is 4.90 Å². The topological polar surface area (TPSA) is 92.3 Å². The van der Waals surface area contributed by atoms with Crippen LogP contribution in [0, 0.1) is 0 Å². The van der Waals surface area contributed by atoms with Crippen molar-refractivity contribution in [3.63, 3.8) is 0 Å². The maximum Gasteiger partial charge on any atom is 0.410 e. The minimum atomic E-state index is -0.548. The predicted molar refractivity (Wildman–Crippen MR) is 103 cm³/mol. The number of fused-ring (bicyclic) bond motifs is 1. The minimum Gasteiger partial charge on any atom is -0.469 e. The van der Waals surface area contributed by atoms with Gasteiger partial charge in [0.05, 0.1) is 31.8 Å². The molecule has 154 valence electrons. The van der Waals surface area contributed by atoms with E-state index < -0.39 is 5.60 Å². The summed E-state index contributed by atoms with van der Waals surface area (Å²) in [6, 6.07) is -0.182. The third-order valence-corrected chi connectivity index (χ3v) is 5.50. The number of aromatic nitrogens is 1. The summed E-state index contributed by atoms with van der Waals surface area (Å²) >= 11 is 1.38. The Morgan fingerprint density at radius 2 is 2.04 bits per heavy atom. The molecular formula is C18H26N4O5S. The molecule has 0 aliphatic carbocycles. The third-order valence-electron chi connectivity index (χ3n) is 4.59. The first-order valence-electron chi connectivity index (χ1n) is 9.25. The van der Waals surface area contributed by atoms with E-state index in [1.165, 1.54) is 18.4 Å². The van der Waals surface area contributed by atoms with E-state index in [0.29, 0.717) is 37.7 Å². The molecule has 0 unspecified atom stereocenters. The van der Waals surface area contributed by atoms with E-state index in [-0.39, 0.29) is 30.6 Å². The second-order valence-electron chi connectivity index (χ2n) is 7.86. The van der Waals surface area contributed by atoms with Crippen LogP contribution in [0.15, 0.2) is 5.38 Å². The van der Waals surface area contributed by atoms with E-state index in [4.69, 9.17) is 4.74 Å². The summed E-state index contributed by atoms with van der Waals surface area (Å²) in [5, 5.41) is 2.47. The van der Waals surface area contributed by atoms with Gasteiger partial charge in [-0.05, 0) is 20.8 Å². The molecule has 0 N–H and O–H groups in total. The average Bonchev–Trinajstić information content (AvgIpc) is 3.22. The molecule has 9 nitrogen and oxygen atoms in total. The van der Waals surface area contributed by atoms with E-state index in [1.807, 2.05) is 26.2 Å². The lowest BCUT2D eigenvalue weighted by molar-refractivity contribution is -0.140. The number of nitrogens with zero attached hydrogens (tertiary/aromatic N) is 4. The number of esters is 1.